The highest BCUT2D eigenvalue weighted by molar-refractivity contribution is 5.90. The molecule has 0 atom stereocenters. The third kappa shape index (κ3) is 3.67. The van der Waals surface area contributed by atoms with E-state index in [1.165, 1.54) is 5.56 Å². The number of benzene rings is 1. The van der Waals surface area contributed by atoms with Gasteiger partial charge in [0.05, 0.1) is 17.1 Å². The van der Waals surface area contributed by atoms with Gasteiger partial charge in [-0.2, -0.15) is 5.10 Å². The summed E-state index contributed by atoms with van der Waals surface area (Å²) in [4.78, 5) is 12.1. The lowest BCUT2D eigenvalue weighted by molar-refractivity contribution is 0.251. The quantitative estimate of drug-likeness (QED) is 0.904. The Balaban J connectivity index is 1.99. The summed E-state index contributed by atoms with van der Waals surface area (Å²) in [5.41, 5.74) is 4.87. The molecule has 0 saturated carbocycles. The third-order valence-electron chi connectivity index (χ3n) is 3.63. The number of hydrogen-bond acceptors (Lipinski definition) is 2. The summed E-state index contributed by atoms with van der Waals surface area (Å²) in [7, 11) is 0. The SMILES string of the molecule is Cc1ccc(CNC(=O)Nc2c(C)nn(C(C)C)c2C)cc1. The lowest BCUT2D eigenvalue weighted by Gasteiger charge is -2.10. The highest BCUT2D eigenvalue weighted by Crippen LogP contribution is 2.22. The lowest BCUT2D eigenvalue weighted by Crippen LogP contribution is -2.28. The maximum absolute atomic E-state index is 12.1. The molecule has 2 amide bonds. The Morgan fingerprint density at radius 1 is 1.18 bits per heavy atom. The van der Waals surface area contributed by atoms with Crippen LogP contribution in [-0.2, 0) is 6.54 Å². The molecule has 2 rings (SSSR count). The van der Waals surface area contributed by atoms with Gasteiger partial charge in [0.15, 0.2) is 0 Å². The van der Waals surface area contributed by atoms with Gasteiger partial charge in [0.25, 0.3) is 0 Å². The van der Waals surface area contributed by atoms with Gasteiger partial charge < -0.3 is 10.6 Å². The fourth-order valence-corrected chi connectivity index (χ4v) is 2.39. The topological polar surface area (TPSA) is 59.0 Å². The van der Waals surface area contributed by atoms with Gasteiger partial charge in [-0.05, 0) is 40.2 Å². The first-order valence-electron chi connectivity index (χ1n) is 7.54. The maximum atomic E-state index is 12.1. The van der Waals surface area contributed by atoms with E-state index in [9.17, 15) is 4.79 Å². The molecule has 118 valence electrons. The normalized spacial score (nSPS) is 10.8. The van der Waals surface area contributed by atoms with Crippen molar-refractivity contribution in [1.29, 1.82) is 0 Å². The number of rotatable bonds is 4. The van der Waals surface area contributed by atoms with Crippen LogP contribution in [0.15, 0.2) is 24.3 Å². The van der Waals surface area contributed by atoms with Gasteiger partial charge in [-0.15, -0.1) is 0 Å². The predicted molar refractivity (Wildman–Crippen MR) is 89.1 cm³/mol. The van der Waals surface area contributed by atoms with Crippen molar-refractivity contribution in [2.24, 2.45) is 0 Å². The molecule has 1 aromatic heterocycles. The number of urea groups is 1. The number of amides is 2. The van der Waals surface area contributed by atoms with Crippen molar-refractivity contribution in [2.75, 3.05) is 5.32 Å². The first kappa shape index (κ1) is 16.1. The molecule has 0 spiro atoms. The maximum Gasteiger partial charge on any atom is 0.319 e. The van der Waals surface area contributed by atoms with E-state index in [2.05, 4.69) is 29.6 Å². The van der Waals surface area contributed by atoms with Crippen molar-refractivity contribution >= 4 is 11.7 Å². The first-order chi connectivity index (χ1) is 10.4. The van der Waals surface area contributed by atoms with Crippen LogP contribution in [0.4, 0.5) is 10.5 Å². The van der Waals surface area contributed by atoms with Crippen LogP contribution in [0.3, 0.4) is 0 Å². The van der Waals surface area contributed by atoms with E-state index in [0.717, 1.165) is 22.6 Å². The second-order valence-corrected chi connectivity index (χ2v) is 5.88. The minimum Gasteiger partial charge on any atom is -0.334 e. The number of hydrogen-bond donors (Lipinski definition) is 2. The minimum atomic E-state index is -0.213. The monoisotopic (exact) mass is 300 g/mol. The zero-order valence-electron chi connectivity index (χ0n) is 13.9. The van der Waals surface area contributed by atoms with Crippen LogP contribution in [0, 0.1) is 20.8 Å². The smallest absolute Gasteiger partial charge is 0.319 e. The standard InChI is InChI=1S/C17H24N4O/c1-11(2)21-14(5)16(13(4)20-21)19-17(22)18-10-15-8-6-12(3)7-9-15/h6-9,11H,10H2,1-5H3,(H2,18,19,22). The molecule has 0 fully saturated rings. The molecule has 1 heterocycles. The molecule has 0 saturated heterocycles. The molecule has 2 aromatic rings. The Hall–Kier alpha value is -2.30. The van der Waals surface area contributed by atoms with Crippen LogP contribution >= 0.6 is 0 Å². The van der Waals surface area contributed by atoms with Gasteiger partial charge >= 0.3 is 6.03 Å². The molecule has 5 heteroatoms. The largest absolute Gasteiger partial charge is 0.334 e. The fraction of sp³-hybridized carbons (Fsp3) is 0.412. The summed E-state index contributed by atoms with van der Waals surface area (Å²) in [6.45, 7) is 10.6. The van der Waals surface area contributed by atoms with E-state index < -0.39 is 0 Å². The summed E-state index contributed by atoms with van der Waals surface area (Å²) in [5.74, 6) is 0. The number of nitrogens with zero attached hydrogens (tertiary/aromatic N) is 2. The predicted octanol–water partition coefficient (Wildman–Crippen LogP) is 3.71. The number of aromatic nitrogens is 2. The Bertz CT molecular complexity index is 656. The summed E-state index contributed by atoms with van der Waals surface area (Å²) in [6, 6.07) is 8.16. The summed E-state index contributed by atoms with van der Waals surface area (Å²) >= 11 is 0. The second-order valence-electron chi connectivity index (χ2n) is 5.88. The van der Waals surface area contributed by atoms with Crippen molar-refractivity contribution in [3.63, 3.8) is 0 Å². The summed E-state index contributed by atoms with van der Waals surface area (Å²) < 4.78 is 1.92. The zero-order chi connectivity index (χ0) is 16.3. The number of carbonyl (C=O) groups excluding carboxylic acids is 1. The molecule has 1 aromatic carbocycles. The Labute approximate surface area is 131 Å². The van der Waals surface area contributed by atoms with Crippen LogP contribution in [0.25, 0.3) is 0 Å². The van der Waals surface area contributed by atoms with Crippen molar-refractivity contribution in [3.8, 4) is 0 Å². The van der Waals surface area contributed by atoms with Crippen molar-refractivity contribution < 1.29 is 4.79 Å². The lowest BCUT2D eigenvalue weighted by atomic mass is 10.1. The molecule has 0 unspecified atom stereocenters. The van der Waals surface area contributed by atoms with Gasteiger partial charge in [-0.25, -0.2) is 4.79 Å². The Kier molecular flexibility index (Phi) is 4.85. The Morgan fingerprint density at radius 3 is 2.36 bits per heavy atom. The van der Waals surface area contributed by atoms with Crippen LogP contribution in [0.5, 0.6) is 0 Å². The highest BCUT2D eigenvalue weighted by atomic mass is 16.2. The molecule has 0 aliphatic carbocycles. The molecule has 0 aliphatic heterocycles. The molecule has 0 radical (unpaired) electrons. The van der Waals surface area contributed by atoms with E-state index >= 15 is 0 Å². The van der Waals surface area contributed by atoms with Crippen molar-refractivity contribution in [3.05, 3.63) is 46.8 Å². The fourth-order valence-electron chi connectivity index (χ4n) is 2.39. The van der Waals surface area contributed by atoms with Crippen LogP contribution in [0.2, 0.25) is 0 Å². The van der Waals surface area contributed by atoms with Gasteiger partial charge in [0.1, 0.15) is 0 Å². The van der Waals surface area contributed by atoms with E-state index in [0.29, 0.717) is 6.54 Å². The van der Waals surface area contributed by atoms with Crippen LogP contribution in [0.1, 0.15) is 42.4 Å². The van der Waals surface area contributed by atoms with E-state index in [4.69, 9.17) is 0 Å². The van der Waals surface area contributed by atoms with Gasteiger partial charge in [-0.3, -0.25) is 4.68 Å². The van der Waals surface area contributed by atoms with Crippen molar-refractivity contribution in [2.45, 2.75) is 47.2 Å². The number of anilines is 1. The summed E-state index contributed by atoms with van der Waals surface area (Å²) in [6.07, 6.45) is 0. The second kappa shape index (κ2) is 6.64. The summed E-state index contributed by atoms with van der Waals surface area (Å²) in [5, 5.41) is 10.2. The molecule has 2 N–H and O–H groups in total. The van der Waals surface area contributed by atoms with E-state index in [1.54, 1.807) is 0 Å². The highest BCUT2D eigenvalue weighted by Gasteiger charge is 2.15. The van der Waals surface area contributed by atoms with Gasteiger partial charge in [0, 0.05) is 12.6 Å². The van der Waals surface area contributed by atoms with Crippen LogP contribution < -0.4 is 10.6 Å². The molecule has 5 nitrogen and oxygen atoms in total. The molecule has 22 heavy (non-hydrogen) atoms. The van der Waals surface area contributed by atoms with Crippen molar-refractivity contribution in [1.82, 2.24) is 15.1 Å². The Morgan fingerprint density at radius 2 is 1.82 bits per heavy atom. The average Bonchev–Trinajstić information content (AvgIpc) is 2.75. The van der Waals surface area contributed by atoms with Crippen LogP contribution in [-0.4, -0.2) is 15.8 Å². The number of carbonyl (C=O) groups is 1. The first-order valence-corrected chi connectivity index (χ1v) is 7.54. The van der Waals surface area contributed by atoms with E-state index in [1.807, 2.05) is 49.7 Å². The van der Waals surface area contributed by atoms with Gasteiger partial charge in [0.2, 0.25) is 0 Å². The molecular formula is C17H24N4O. The number of nitrogens with one attached hydrogen (secondary N) is 2. The minimum absolute atomic E-state index is 0.213. The average molecular weight is 300 g/mol. The third-order valence-corrected chi connectivity index (χ3v) is 3.63. The van der Waals surface area contributed by atoms with Gasteiger partial charge in [-0.1, -0.05) is 29.8 Å². The molecular weight excluding hydrogens is 276 g/mol. The number of aryl methyl sites for hydroxylation is 2. The molecule has 0 aliphatic rings. The van der Waals surface area contributed by atoms with E-state index in [-0.39, 0.29) is 12.1 Å². The zero-order valence-corrected chi connectivity index (χ0v) is 13.9. The molecule has 0 bridgehead atoms.